The normalized spacial score (nSPS) is 28.4. The van der Waals surface area contributed by atoms with E-state index in [2.05, 4.69) is 30.7 Å². The van der Waals surface area contributed by atoms with Gasteiger partial charge in [0, 0.05) is 37.8 Å². The molecule has 0 radical (unpaired) electrons. The molecule has 0 saturated heterocycles. The zero-order valence-corrected chi connectivity index (χ0v) is 21.6. The monoisotopic (exact) mass is 553 g/mol. The van der Waals surface area contributed by atoms with Crippen molar-refractivity contribution in [1.82, 2.24) is 15.3 Å². The molecule has 6 rings (SSSR count). The van der Waals surface area contributed by atoms with E-state index < -0.39 is 18.3 Å². The fourth-order valence-electron chi connectivity index (χ4n) is 7.16. The second-order valence-corrected chi connectivity index (χ2v) is 11.3. The lowest BCUT2D eigenvalue weighted by molar-refractivity contribution is -0.274. The molecule has 214 valence electrons. The van der Waals surface area contributed by atoms with E-state index in [1.807, 2.05) is 0 Å². The molecule has 5 N–H and O–H groups in total. The highest BCUT2D eigenvalue weighted by Gasteiger charge is 2.55. The third-order valence-electron chi connectivity index (χ3n) is 8.46. The number of anilines is 2. The molecule has 1 aromatic carbocycles. The van der Waals surface area contributed by atoms with Crippen LogP contribution in [0.1, 0.15) is 44.1 Å². The summed E-state index contributed by atoms with van der Waals surface area (Å²) < 4.78 is 56.9. The number of halogens is 4. The maximum atomic E-state index is 14.6. The fraction of sp³-hybridized carbons (Fsp3) is 0.630. The number of benzene rings is 1. The average molecular weight is 554 g/mol. The lowest BCUT2D eigenvalue weighted by Gasteiger charge is -2.60. The molecule has 0 amide bonds. The van der Waals surface area contributed by atoms with Crippen LogP contribution in [0, 0.1) is 29.0 Å². The second-order valence-electron chi connectivity index (χ2n) is 11.3. The molecule has 0 aliphatic heterocycles. The van der Waals surface area contributed by atoms with Crippen molar-refractivity contribution in [1.29, 1.82) is 0 Å². The van der Waals surface area contributed by atoms with E-state index in [1.54, 1.807) is 6.07 Å². The van der Waals surface area contributed by atoms with E-state index in [-0.39, 0.29) is 41.6 Å². The maximum Gasteiger partial charge on any atom is 0.573 e. The molecule has 0 spiro atoms. The molecule has 4 saturated carbocycles. The SMILES string of the molecule is OCCC(O)CN[C@@H]1[C@@H]2CC3C[C@H]1C[C@@](CNc1nc(NCc4ccccc4OC(F)(F)F)ncc1F)(C3)C2. The number of aliphatic hydroxyl groups excluding tert-OH is 2. The van der Waals surface area contributed by atoms with Gasteiger partial charge in [0.15, 0.2) is 11.6 Å². The molecule has 39 heavy (non-hydrogen) atoms. The van der Waals surface area contributed by atoms with Crippen LogP contribution in [0.2, 0.25) is 0 Å². The van der Waals surface area contributed by atoms with Gasteiger partial charge in [-0.2, -0.15) is 4.98 Å². The van der Waals surface area contributed by atoms with Crippen molar-refractivity contribution in [2.24, 2.45) is 23.2 Å². The van der Waals surface area contributed by atoms with Crippen LogP contribution in [0.5, 0.6) is 5.75 Å². The third kappa shape index (κ3) is 6.72. The molecule has 12 heteroatoms. The van der Waals surface area contributed by atoms with Crippen LogP contribution >= 0.6 is 0 Å². The van der Waals surface area contributed by atoms with Gasteiger partial charge in [-0.05, 0) is 67.8 Å². The highest BCUT2D eigenvalue weighted by Crippen LogP contribution is 2.60. The van der Waals surface area contributed by atoms with Crippen molar-refractivity contribution < 1.29 is 32.5 Å². The number of aliphatic hydroxyl groups is 2. The summed E-state index contributed by atoms with van der Waals surface area (Å²) in [6, 6.07) is 6.12. The van der Waals surface area contributed by atoms with E-state index in [0.717, 1.165) is 38.3 Å². The van der Waals surface area contributed by atoms with Gasteiger partial charge in [-0.3, -0.25) is 0 Å². The first-order chi connectivity index (χ1) is 18.6. The minimum Gasteiger partial charge on any atom is -0.405 e. The van der Waals surface area contributed by atoms with Gasteiger partial charge in [0.1, 0.15) is 5.75 Å². The lowest BCUT2D eigenvalue weighted by Crippen LogP contribution is -2.60. The van der Waals surface area contributed by atoms with Crippen molar-refractivity contribution in [3.05, 3.63) is 41.8 Å². The zero-order chi connectivity index (χ0) is 27.6. The molecule has 4 aliphatic rings. The zero-order valence-electron chi connectivity index (χ0n) is 21.6. The van der Waals surface area contributed by atoms with Gasteiger partial charge in [0.25, 0.3) is 0 Å². The standard InChI is InChI=1S/C27H35F4N5O3/c28-21-14-34-25(33-12-17-3-1-2-4-22(17)39-27(29,30)31)36-24(21)35-15-26-9-16-7-18(10-26)23(19(8-16)11-26)32-13-20(38)5-6-37/h1-4,14,16,18-20,23,32,37-38H,5-13,15H2,(H2,33,34,35,36)/t16?,18-,19+,20?,23-,26-. The van der Waals surface area contributed by atoms with Crippen molar-refractivity contribution >= 4 is 11.8 Å². The van der Waals surface area contributed by atoms with E-state index in [4.69, 9.17) is 5.11 Å². The number of rotatable bonds is 12. The maximum absolute atomic E-state index is 14.6. The molecule has 2 unspecified atom stereocenters. The Bertz CT molecular complexity index is 1120. The fourth-order valence-corrected chi connectivity index (χ4v) is 7.16. The Balaban J connectivity index is 1.20. The van der Waals surface area contributed by atoms with Crippen LogP contribution < -0.4 is 20.7 Å². The second kappa shape index (κ2) is 11.4. The molecule has 4 aliphatic carbocycles. The Kier molecular flexibility index (Phi) is 8.16. The Hall–Kier alpha value is -2.70. The van der Waals surface area contributed by atoms with Crippen LogP contribution in [-0.4, -0.2) is 58.4 Å². The first kappa shape index (κ1) is 27.9. The number of nitrogens with one attached hydrogen (secondary N) is 3. The summed E-state index contributed by atoms with van der Waals surface area (Å²) in [7, 11) is 0. The number of aromatic nitrogens is 2. The number of alkyl halides is 3. The first-order valence-corrected chi connectivity index (χ1v) is 13.5. The highest BCUT2D eigenvalue weighted by atomic mass is 19.4. The molecular formula is C27H35F4N5O3. The largest absolute Gasteiger partial charge is 0.573 e. The minimum absolute atomic E-state index is 0.0339. The number of ether oxygens (including phenoxy) is 1. The Labute approximate surface area is 224 Å². The number of para-hydroxylation sites is 1. The summed E-state index contributed by atoms with van der Waals surface area (Å²) in [6.45, 7) is 0.983. The molecule has 2 aromatic rings. The topological polar surface area (TPSA) is 112 Å². The quantitative estimate of drug-likeness (QED) is 0.250. The van der Waals surface area contributed by atoms with Gasteiger partial charge in [-0.1, -0.05) is 18.2 Å². The minimum atomic E-state index is -4.81. The van der Waals surface area contributed by atoms with Gasteiger partial charge in [0.05, 0.1) is 12.3 Å². The van der Waals surface area contributed by atoms with Crippen LogP contribution in [0.25, 0.3) is 0 Å². The van der Waals surface area contributed by atoms with Gasteiger partial charge in [0.2, 0.25) is 5.95 Å². The third-order valence-corrected chi connectivity index (χ3v) is 8.46. The van der Waals surface area contributed by atoms with Crippen LogP contribution in [0.15, 0.2) is 30.5 Å². The number of nitrogens with zero attached hydrogens (tertiary/aromatic N) is 2. The average Bonchev–Trinajstić information content (AvgIpc) is 2.87. The van der Waals surface area contributed by atoms with Crippen LogP contribution in [0.3, 0.4) is 0 Å². The molecule has 4 fully saturated rings. The Morgan fingerprint density at radius 2 is 1.85 bits per heavy atom. The summed E-state index contributed by atoms with van der Waals surface area (Å²) in [5.74, 6) is 0.855. The lowest BCUT2D eigenvalue weighted by atomic mass is 9.48. The molecular weight excluding hydrogens is 518 g/mol. The van der Waals surface area contributed by atoms with Gasteiger partial charge >= 0.3 is 6.36 Å². The van der Waals surface area contributed by atoms with E-state index in [9.17, 15) is 22.7 Å². The summed E-state index contributed by atoms with van der Waals surface area (Å²) >= 11 is 0. The summed E-state index contributed by atoms with van der Waals surface area (Å²) in [5, 5.41) is 28.7. The molecule has 6 atom stereocenters. The van der Waals surface area contributed by atoms with Crippen molar-refractivity contribution in [2.75, 3.05) is 30.3 Å². The van der Waals surface area contributed by atoms with E-state index >= 15 is 0 Å². The van der Waals surface area contributed by atoms with Crippen molar-refractivity contribution in [2.45, 2.75) is 63.6 Å². The van der Waals surface area contributed by atoms with Crippen LogP contribution in [-0.2, 0) is 6.54 Å². The van der Waals surface area contributed by atoms with Gasteiger partial charge in [-0.25, -0.2) is 9.37 Å². The number of hydrogen-bond donors (Lipinski definition) is 5. The Morgan fingerprint density at radius 1 is 1.10 bits per heavy atom. The molecule has 4 bridgehead atoms. The van der Waals surface area contributed by atoms with Gasteiger partial charge in [-0.15, -0.1) is 13.2 Å². The van der Waals surface area contributed by atoms with E-state index in [1.165, 1.54) is 18.2 Å². The van der Waals surface area contributed by atoms with E-state index in [0.29, 0.717) is 43.3 Å². The molecule has 1 aromatic heterocycles. The van der Waals surface area contributed by atoms with Gasteiger partial charge < -0.3 is 30.9 Å². The van der Waals surface area contributed by atoms with Crippen LogP contribution in [0.4, 0.5) is 29.3 Å². The summed E-state index contributed by atoms with van der Waals surface area (Å²) in [5.41, 5.74) is 0.301. The summed E-state index contributed by atoms with van der Waals surface area (Å²) in [4.78, 5) is 8.20. The smallest absolute Gasteiger partial charge is 0.405 e. The predicted molar refractivity (Wildman–Crippen MR) is 136 cm³/mol. The molecule has 8 nitrogen and oxygen atoms in total. The summed E-state index contributed by atoms with van der Waals surface area (Å²) in [6.07, 6.45) is 1.45. The van der Waals surface area contributed by atoms with Crippen molar-refractivity contribution in [3.8, 4) is 5.75 Å². The van der Waals surface area contributed by atoms with Crippen molar-refractivity contribution in [3.63, 3.8) is 0 Å². The highest BCUT2D eigenvalue weighted by molar-refractivity contribution is 5.43. The Morgan fingerprint density at radius 3 is 2.56 bits per heavy atom. The number of hydrogen-bond acceptors (Lipinski definition) is 8. The molecule has 1 heterocycles. The first-order valence-electron chi connectivity index (χ1n) is 13.5. The predicted octanol–water partition coefficient (Wildman–Crippen LogP) is 4.07.